The number of benzene rings is 1. The van der Waals surface area contributed by atoms with Gasteiger partial charge < -0.3 is 14.7 Å². The molecule has 5 nitrogen and oxygen atoms in total. The quantitative estimate of drug-likeness (QED) is 0.864. The Labute approximate surface area is 106 Å². The number of rotatable bonds is 5. The average Bonchev–Trinajstić information content (AvgIpc) is 2.31. The van der Waals surface area contributed by atoms with E-state index in [1.807, 2.05) is 6.92 Å². The van der Waals surface area contributed by atoms with E-state index < -0.39 is 12.0 Å². The van der Waals surface area contributed by atoms with Crippen LogP contribution in [0.25, 0.3) is 0 Å². The van der Waals surface area contributed by atoms with Crippen molar-refractivity contribution in [3.8, 4) is 5.75 Å². The molecule has 1 aromatic carbocycles. The number of carbonyl (C=O) groups is 2. The van der Waals surface area contributed by atoms with Gasteiger partial charge in [0.15, 0.2) is 6.04 Å². The molecule has 0 spiro atoms. The number of aliphatic carboxylic acids is 1. The largest absolute Gasteiger partial charge is 0.494 e. The van der Waals surface area contributed by atoms with Crippen molar-refractivity contribution in [1.82, 2.24) is 4.90 Å². The normalized spacial score (nSPS) is 11.7. The lowest BCUT2D eigenvalue weighted by atomic mass is 10.1. The summed E-state index contributed by atoms with van der Waals surface area (Å²) in [6.45, 7) is 3.76. The highest BCUT2D eigenvalue weighted by Crippen LogP contribution is 2.22. The van der Waals surface area contributed by atoms with Crippen molar-refractivity contribution in [2.24, 2.45) is 0 Å². The number of hydrogen-bond donors (Lipinski definition) is 1. The molecule has 0 aliphatic carbocycles. The van der Waals surface area contributed by atoms with Crippen molar-refractivity contribution in [1.29, 1.82) is 0 Å². The molecule has 1 N–H and O–H groups in total. The summed E-state index contributed by atoms with van der Waals surface area (Å²) < 4.78 is 5.28. The van der Waals surface area contributed by atoms with E-state index in [0.717, 1.165) is 0 Å². The van der Waals surface area contributed by atoms with Gasteiger partial charge in [-0.25, -0.2) is 4.79 Å². The number of amides is 1. The van der Waals surface area contributed by atoms with Gasteiger partial charge in [-0.15, -0.1) is 0 Å². The Kier molecular flexibility index (Phi) is 4.71. The maximum Gasteiger partial charge on any atom is 0.331 e. The van der Waals surface area contributed by atoms with Gasteiger partial charge in [-0.3, -0.25) is 4.79 Å². The second kappa shape index (κ2) is 6.05. The van der Waals surface area contributed by atoms with Crippen LogP contribution in [-0.2, 0) is 9.59 Å². The van der Waals surface area contributed by atoms with E-state index in [2.05, 4.69) is 0 Å². The zero-order chi connectivity index (χ0) is 13.7. The third-order valence-electron chi connectivity index (χ3n) is 2.62. The van der Waals surface area contributed by atoms with Crippen molar-refractivity contribution < 1.29 is 19.4 Å². The summed E-state index contributed by atoms with van der Waals surface area (Å²) in [4.78, 5) is 23.7. The predicted molar refractivity (Wildman–Crippen MR) is 66.4 cm³/mol. The monoisotopic (exact) mass is 251 g/mol. The minimum Gasteiger partial charge on any atom is -0.494 e. The third-order valence-corrected chi connectivity index (χ3v) is 2.62. The first-order chi connectivity index (χ1) is 8.47. The molecule has 0 heterocycles. The summed E-state index contributed by atoms with van der Waals surface area (Å²) in [5, 5.41) is 9.19. The molecule has 1 atom stereocenters. The summed E-state index contributed by atoms with van der Waals surface area (Å²) in [6.07, 6.45) is 0. The SMILES string of the molecule is CCOc1ccc(C(C(=O)O)N(C)C(C)=O)cc1. The lowest BCUT2D eigenvalue weighted by molar-refractivity contribution is -0.148. The van der Waals surface area contributed by atoms with E-state index in [1.165, 1.54) is 18.9 Å². The van der Waals surface area contributed by atoms with Gasteiger partial charge in [0.25, 0.3) is 0 Å². The minimum atomic E-state index is -1.06. The Hall–Kier alpha value is -2.04. The molecular formula is C13H17NO4. The smallest absolute Gasteiger partial charge is 0.331 e. The van der Waals surface area contributed by atoms with Crippen LogP contribution in [0.3, 0.4) is 0 Å². The Morgan fingerprint density at radius 1 is 1.33 bits per heavy atom. The van der Waals surface area contributed by atoms with Gasteiger partial charge in [0.05, 0.1) is 6.61 Å². The van der Waals surface area contributed by atoms with Crippen LogP contribution in [0, 0.1) is 0 Å². The summed E-state index contributed by atoms with van der Waals surface area (Å²) in [7, 11) is 1.47. The number of hydrogen-bond acceptors (Lipinski definition) is 3. The van der Waals surface area contributed by atoms with Crippen LogP contribution in [0.4, 0.5) is 0 Å². The first kappa shape index (κ1) is 14.0. The Balaban J connectivity index is 2.99. The van der Waals surface area contributed by atoms with Gasteiger partial charge in [0.1, 0.15) is 5.75 Å². The topological polar surface area (TPSA) is 66.8 Å². The summed E-state index contributed by atoms with van der Waals surface area (Å²) >= 11 is 0. The predicted octanol–water partition coefficient (Wildman–Crippen LogP) is 1.69. The van der Waals surface area contributed by atoms with Crippen LogP contribution in [0.5, 0.6) is 5.75 Å². The van der Waals surface area contributed by atoms with Gasteiger partial charge in [0.2, 0.25) is 5.91 Å². The number of carboxylic acids is 1. The van der Waals surface area contributed by atoms with Gasteiger partial charge >= 0.3 is 5.97 Å². The van der Waals surface area contributed by atoms with Crippen LogP contribution in [-0.4, -0.2) is 35.5 Å². The zero-order valence-electron chi connectivity index (χ0n) is 10.7. The number of ether oxygens (including phenoxy) is 1. The first-order valence-corrected chi connectivity index (χ1v) is 5.66. The van der Waals surface area contributed by atoms with E-state index in [4.69, 9.17) is 4.74 Å². The van der Waals surface area contributed by atoms with E-state index in [9.17, 15) is 14.7 Å². The summed E-state index contributed by atoms with van der Waals surface area (Å²) in [5.41, 5.74) is 0.545. The Morgan fingerprint density at radius 3 is 2.28 bits per heavy atom. The van der Waals surface area contributed by atoms with Crippen molar-refractivity contribution in [3.05, 3.63) is 29.8 Å². The molecule has 0 radical (unpaired) electrons. The van der Waals surface area contributed by atoms with E-state index >= 15 is 0 Å². The molecule has 0 aliphatic rings. The van der Waals surface area contributed by atoms with Crippen molar-refractivity contribution in [3.63, 3.8) is 0 Å². The van der Waals surface area contributed by atoms with Crippen LogP contribution in [0.2, 0.25) is 0 Å². The third kappa shape index (κ3) is 3.23. The number of carbonyl (C=O) groups excluding carboxylic acids is 1. The van der Waals surface area contributed by atoms with Crippen LogP contribution >= 0.6 is 0 Å². The molecule has 1 aromatic rings. The van der Waals surface area contributed by atoms with Gasteiger partial charge in [-0.2, -0.15) is 0 Å². The molecule has 1 amide bonds. The van der Waals surface area contributed by atoms with E-state index in [-0.39, 0.29) is 5.91 Å². The van der Waals surface area contributed by atoms with Crippen molar-refractivity contribution in [2.45, 2.75) is 19.9 Å². The molecule has 0 saturated carbocycles. The molecule has 1 rings (SSSR count). The second-order valence-electron chi connectivity index (χ2n) is 3.87. The average molecular weight is 251 g/mol. The van der Waals surface area contributed by atoms with Crippen LogP contribution in [0.1, 0.15) is 25.5 Å². The molecule has 0 bridgehead atoms. The molecule has 0 aromatic heterocycles. The zero-order valence-corrected chi connectivity index (χ0v) is 10.7. The maximum absolute atomic E-state index is 11.3. The molecule has 0 aliphatic heterocycles. The van der Waals surface area contributed by atoms with Gasteiger partial charge in [0, 0.05) is 14.0 Å². The standard InChI is InChI=1S/C13H17NO4/c1-4-18-11-7-5-10(6-8-11)12(13(16)17)14(3)9(2)15/h5-8,12H,4H2,1-3H3,(H,16,17). The molecule has 98 valence electrons. The fraction of sp³-hybridized carbons (Fsp3) is 0.385. The van der Waals surface area contributed by atoms with Crippen LogP contribution < -0.4 is 4.74 Å². The lowest BCUT2D eigenvalue weighted by Crippen LogP contribution is -2.34. The van der Waals surface area contributed by atoms with E-state index in [0.29, 0.717) is 17.9 Å². The fourth-order valence-electron chi connectivity index (χ4n) is 1.63. The number of nitrogens with zero attached hydrogens (tertiary/aromatic N) is 1. The minimum absolute atomic E-state index is 0.295. The second-order valence-corrected chi connectivity index (χ2v) is 3.87. The molecular weight excluding hydrogens is 234 g/mol. The first-order valence-electron chi connectivity index (χ1n) is 5.66. The molecule has 18 heavy (non-hydrogen) atoms. The Bertz CT molecular complexity index is 427. The Morgan fingerprint density at radius 2 is 1.89 bits per heavy atom. The molecule has 0 fully saturated rings. The molecule has 5 heteroatoms. The lowest BCUT2D eigenvalue weighted by Gasteiger charge is -2.23. The number of likely N-dealkylation sites (N-methyl/N-ethyl adjacent to an activating group) is 1. The highest BCUT2D eigenvalue weighted by atomic mass is 16.5. The number of carboxylic acid groups (broad SMARTS) is 1. The van der Waals surface area contributed by atoms with Crippen molar-refractivity contribution in [2.75, 3.05) is 13.7 Å². The maximum atomic E-state index is 11.3. The van der Waals surface area contributed by atoms with Crippen LogP contribution in [0.15, 0.2) is 24.3 Å². The van der Waals surface area contributed by atoms with Crippen molar-refractivity contribution >= 4 is 11.9 Å². The molecule has 1 unspecified atom stereocenters. The highest BCUT2D eigenvalue weighted by molar-refractivity contribution is 5.83. The van der Waals surface area contributed by atoms with E-state index in [1.54, 1.807) is 24.3 Å². The van der Waals surface area contributed by atoms with Gasteiger partial charge in [-0.05, 0) is 24.6 Å². The van der Waals surface area contributed by atoms with Gasteiger partial charge in [-0.1, -0.05) is 12.1 Å². The summed E-state index contributed by atoms with van der Waals surface area (Å²) in [6, 6.07) is 5.73. The molecule has 0 saturated heterocycles. The highest BCUT2D eigenvalue weighted by Gasteiger charge is 2.26. The summed E-state index contributed by atoms with van der Waals surface area (Å²) in [5.74, 6) is -0.677. The fourth-order valence-corrected chi connectivity index (χ4v) is 1.63.